The molecule has 1 aromatic heterocycles. The van der Waals surface area contributed by atoms with Gasteiger partial charge in [0.2, 0.25) is 11.6 Å². The number of carbonyl (C=O) groups is 4. The summed E-state index contributed by atoms with van der Waals surface area (Å²) in [5.74, 6) is -0.922. The van der Waals surface area contributed by atoms with E-state index < -0.39 is 41.1 Å². The van der Waals surface area contributed by atoms with E-state index in [1.807, 2.05) is 96.7 Å². The number of ether oxygens (including phenoxy) is 2. The van der Waals surface area contributed by atoms with Gasteiger partial charge in [0, 0.05) is 30.0 Å². The normalized spacial score (nSPS) is 20.1. The van der Waals surface area contributed by atoms with Gasteiger partial charge >= 0.3 is 12.1 Å². The van der Waals surface area contributed by atoms with E-state index in [1.54, 1.807) is 31.7 Å². The molecule has 2 atom stereocenters. The number of benzene rings is 2. The van der Waals surface area contributed by atoms with Crippen LogP contribution < -0.4 is 9.88 Å². The van der Waals surface area contributed by atoms with Crippen LogP contribution in [0.25, 0.3) is 0 Å². The third-order valence-electron chi connectivity index (χ3n) is 8.37. The first kappa shape index (κ1) is 33.0. The molecule has 0 spiro atoms. The Kier molecular flexibility index (Phi) is 9.41. The molecule has 0 saturated carbocycles. The van der Waals surface area contributed by atoms with Crippen LogP contribution in [0.4, 0.5) is 4.79 Å². The minimum atomic E-state index is -0.879. The van der Waals surface area contributed by atoms with Crippen molar-refractivity contribution < 1.29 is 33.2 Å². The lowest BCUT2D eigenvalue weighted by atomic mass is 10.00. The van der Waals surface area contributed by atoms with E-state index in [2.05, 4.69) is 5.32 Å². The van der Waals surface area contributed by atoms with Gasteiger partial charge in [-0.15, -0.1) is 11.8 Å². The second-order valence-electron chi connectivity index (χ2n) is 13.0. The van der Waals surface area contributed by atoms with Crippen LogP contribution in [-0.4, -0.2) is 63.0 Å². The summed E-state index contributed by atoms with van der Waals surface area (Å²) < 4.78 is 13.6. The van der Waals surface area contributed by atoms with Gasteiger partial charge in [-0.1, -0.05) is 66.7 Å². The number of β-lactam (4-membered cyclic amide) rings is 1. The number of aryl methyl sites for hydroxylation is 1. The smallest absolute Gasteiger partial charge is 0.408 e. The Morgan fingerprint density at radius 2 is 1.65 bits per heavy atom. The fraction of sp³-hybridized carbons (Fsp3) is 0.324. The van der Waals surface area contributed by atoms with Gasteiger partial charge in [-0.05, 0) is 50.0 Å². The van der Waals surface area contributed by atoms with E-state index in [-0.39, 0.29) is 11.6 Å². The SMILES string of the molecule is C[n+]1ccccc1CN1CC/C(=C\C2=C(C(=O)OC(c3ccccc3)c3ccccc3)N3C(=O)[C@@H](NC(=O)OC(C)(C)C)[C@H]3SC2)C1=O. The van der Waals surface area contributed by atoms with Crippen molar-refractivity contribution in [1.82, 2.24) is 15.1 Å². The third-order valence-corrected chi connectivity index (χ3v) is 9.67. The van der Waals surface area contributed by atoms with E-state index >= 15 is 0 Å². The zero-order valence-electron chi connectivity index (χ0n) is 27.4. The Bertz CT molecular complexity index is 1750. The monoisotopic (exact) mass is 667 g/mol. The lowest BCUT2D eigenvalue weighted by Gasteiger charge is -2.49. The van der Waals surface area contributed by atoms with Crippen LogP contribution in [0, 0.1) is 0 Å². The summed E-state index contributed by atoms with van der Waals surface area (Å²) >= 11 is 1.41. The minimum Gasteiger partial charge on any atom is -0.448 e. The van der Waals surface area contributed by atoms with Gasteiger partial charge in [-0.3, -0.25) is 14.5 Å². The van der Waals surface area contributed by atoms with Crippen LogP contribution in [-0.2, 0) is 37.4 Å². The Labute approximate surface area is 284 Å². The summed E-state index contributed by atoms with van der Waals surface area (Å²) in [6, 6.07) is 23.8. The van der Waals surface area contributed by atoms with Crippen molar-refractivity contribution in [2.24, 2.45) is 7.05 Å². The summed E-state index contributed by atoms with van der Waals surface area (Å²) in [4.78, 5) is 57.3. The summed E-state index contributed by atoms with van der Waals surface area (Å²) in [6.45, 7) is 6.23. The number of aromatic nitrogens is 1. The second-order valence-corrected chi connectivity index (χ2v) is 14.1. The van der Waals surface area contributed by atoms with Gasteiger partial charge in [0.05, 0.1) is 0 Å². The van der Waals surface area contributed by atoms with Gasteiger partial charge in [0.1, 0.15) is 36.3 Å². The van der Waals surface area contributed by atoms with Crippen LogP contribution in [0.3, 0.4) is 0 Å². The Balaban J connectivity index is 1.32. The lowest BCUT2D eigenvalue weighted by molar-refractivity contribution is -0.680. The first-order valence-electron chi connectivity index (χ1n) is 15.9. The molecule has 1 N–H and O–H groups in total. The Hall–Kier alpha value is -4.90. The molecular formula is C37H39N4O6S+. The molecule has 2 fully saturated rings. The number of nitrogens with one attached hydrogen (secondary N) is 1. The van der Waals surface area contributed by atoms with Crippen molar-refractivity contribution in [2.45, 2.75) is 56.9 Å². The van der Waals surface area contributed by atoms with Crippen molar-refractivity contribution in [2.75, 3.05) is 12.3 Å². The first-order valence-corrected chi connectivity index (χ1v) is 17.0. The summed E-state index contributed by atoms with van der Waals surface area (Å²) in [5, 5.41) is 2.13. The fourth-order valence-corrected chi connectivity index (χ4v) is 7.31. The maximum absolute atomic E-state index is 14.3. The molecule has 10 nitrogen and oxygen atoms in total. The molecule has 0 bridgehead atoms. The van der Waals surface area contributed by atoms with Gasteiger partial charge < -0.3 is 19.7 Å². The maximum Gasteiger partial charge on any atom is 0.408 e. The number of pyridine rings is 1. The number of amides is 3. The van der Waals surface area contributed by atoms with Crippen LogP contribution in [0.2, 0.25) is 0 Å². The van der Waals surface area contributed by atoms with Crippen molar-refractivity contribution in [3.63, 3.8) is 0 Å². The van der Waals surface area contributed by atoms with Crippen molar-refractivity contribution in [1.29, 1.82) is 0 Å². The molecule has 3 aliphatic rings. The average molecular weight is 668 g/mol. The largest absolute Gasteiger partial charge is 0.448 e. The molecule has 3 aromatic rings. The molecule has 3 aliphatic heterocycles. The maximum atomic E-state index is 14.3. The van der Waals surface area contributed by atoms with E-state index in [1.165, 1.54) is 16.7 Å². The van der Waals surface area contributed by atoms with Crippen LogP contribution in [0.15, 0.2) is 108 Å². The van der Waals surface area contributed by atoms with Crippen LogP contribution in [0.1, 0.15) is 50.1 Å². The predicted molar refractivity (Wildman–Crippen MR) is 180 cm³/mol. The highest BCUT2D eigenvalue weighted by molar-refractivity contribution is 8.00. The lowest BCUT2D eigenvalue weighted by Crippen LogP contribution is -2.70. The van der Waals surface area contributed by atoms with E-state index in [4.69, 9.17) is 9.47 Å². The van der Waals surface area contributed by atoms with Gasteiger partial charge in [0.15, 0.2) is 12.3 Å². The predicted octanol–water partition coefficient (Wildman–Crippen LogP) is 4.57. The molecule has 2 saturated heterocycles. The Morgan fingerprint density at radius 1 is 1.00 bits per heavy atom. The topological polar surface area (TPSA) is 109 Å². The fourth-order valence-electron chi connectivity index (χ4n) is 6.01. The van der Waals surface area contributed by atoms with Crippen molar-refractivity contribution >= 4 is 35.6 Å². The second kappa shape index (κ2) is 13.7. The number of allylic oxidation sites excluding steroid dienone is 1. The number of rotatable bonds is 8. The highest BCUT2D eigenvalue weighted by Crippen LogP contribution is 2.42. The number of hydrogen-bond donors (Lipinski definition) is 1. The molecule has 248 valence electrons. The number of thioether (sulfide) groups is 1. The van der Waals surface area contributed by atoms with E-state index in [9.17, 15) is 19.2 Å². The third kappa shape index (κ3) is 7.01. The molecule has 0 unspecified atom stereocenters. The zero-order chi connectivity index (χ0) is 34.0. The highest BCUT2D eigenvalue weighted by Gasteiger charge is 2.55. The standard InChI is InChI=1S/C37H38N4O6S/c1-37(2,3)47-36(45)38-29-33(43)41-30(35(44)46-31(24-13-7-5-8-14-24)25-15-9-6-10-16-25)27(23-48-34(29)41)21-26-18-20-40(32(26)42)22-28-17-11-12-19-39(28)4/h5-17,19,21,29,31,34H,18,20,22-23H2,1-4H3/p+1/b26-21+/t29-,34-/m1/s1. The van der Waals surface area contributed by atoms with Gasteiger partial charge in [-0.2, -0.15) is 0 Å². The quantitative estimate of drug-likeness (QED) is 0.162. The molecule has 11 heteroatoms. The molecule has 6 rings (SSSR count). The van der Waals surface area contributed by atoms with E-state index in [0.717, 1.165) is 16.8 Å². The van der Waals surface area contributed by atoms with Crippen LogP contribution in [0.5, 0.6) is 0 Å². The first-order chi connectivity index (χ1) is 23.0. The van der Waals surface area contributed by atoms with Gasteiger partial charge in [-0.25, -0.2) is 14.2 Å². The number of likely N-dealkylation sites (tertiary alicyclic amines) is 1. The van der Waals surface area contributed by atoms with Gasteiger partial charge in [0.25, 0.3) is 5.91 Å². The van der Waals surface area contributed by atoms with Crippen molar-refractivity contribution in [3.05, 3.63) is 125 Å². The number of hydrogen-bond acceptors (Lipinski definition) is 7. The molecule has 0 aliphatic carbocycles. The van der Waals surface area contributed by atoms with Crippen LogP contribution >= 0.6 is 11.8 Å². The van der Waals surface area contributed by atoms with E-state index in [0.29, 0.717) is 36.4 Å². The summed E-state index contributed by atoms with van der Waals surface area (Å²) in [7, 11) is 1.94. The Morgan fingerprint density at radius 3 is 2.27 bits per heavy atom. The summed E-state index contributed by atoms with van der Waals surface area (Å²) in [5.41, 5.74) is 2.97. The number of carbonyl (C=O) groups excluding carboxylic acids is 4. The molecule has 3 amide bonds. The molecule has 48 heavy (non-hydrogen) atoms. The number of alkyl carbamates (subject to hydrolysis) is 1. The number of nitrogens with zero attached hydrogens (tertiary/aromatic N) is 3. The molecule has 0 radical (unpaired) electrons. The molecule has 2 aromatic carbocycles. The van der Waals surface area contributed by atoms with Crippen molar-refractivity contribution in [3.8, 4) is 0 Å². The minimum absolute atomic E-state index is 0.0797. The molecule has 4 heterocycles. The number of esters is 1. The highest BCUT2D eigenvalue weighted by atomic mass is 32.2. The molecular weight excluding hydrogens is 628 g/mol. The zero-order valence-corrected chi connectivity index (χ0v) is 28.2. The average Bonchev–Trinajstić information content (AvgIpc) is 3.41. The summed E-state index contributed by atoms with van der Waals surface area (Å²) in [6.07, 6.45) is 2.74. The number of fused-ring (bicyclic) bond motifs is 1.